The van der Waals surface area contributed by atoms with E-state index in [4.69, 9.17) is 0 Å². The second kappa shape index (κ2) is 9.04. The Bertz CT molecular complexity index is 1110. The molecule has 0 aliphatic heterocycles. The van der Waals surface area contributed by atoms with Crippen molar-refractivity contribution in [1.29, 1.82) is 0 Å². The standard InChI is InChI=1S/C28H28N2O3/c1-21(2)27(33,18-26(31)32)25-19-30(20-29-25)28(22-12-6-3-7-13-22,23-14-8-4-9-15-23)24-16-10-5-11-17-24/h3-17,19-21,33H,18H2,1-2H3,(H,31,32). The third-order valence-electron chi connectivity index (χ3n) is 6.36. The molecule has 5 heteroatoms. The largest absolute Gasteiger partial charge is 0.481 e. The van der Waals surface area contributed by atoms with Gasteiger partial charge in [-0.25, -0.2) is 4.98 Å². The Morgan fingerprint density at radius 2 is 1.27 bits per heavy atom. The average molecular weight is 441 g/mol. The lowest BCUT2D eigenvalue weighted by molar-refractivity contribution is -0.145. The number of rotatable bonds is 8. The van der Waals surface area contributed by atoms with Gasteiger partial charge >= 0.3 is 5.97 Å². The number of aromatic nitrogens is 2. The zero-order valence-corrected chi connectivity index (χ0v) is 18.8. The summed E-state index contributed by atoms with van der Waals surface area (Å²) in [5.74, 6) is -1.40. The summed E-state index contributed by atoms with van der Waals surface area (Å²) >= 11 is 0. The van der Waals surface area contributed by atoms with Gasteiger partial charge in [-0.3, -0.25) is 4.79 Å². The molecule has 3 aromatic carbocycles. The third-order valence-corrected chi connectivity index (χ3v) is 6.36. The summed E-state index contributed by atoms with van der Waals surface area (Å²) in [6.45, 7) is 3.61. The summed E-state index contributed by atoms with van der Waals surface area (Å²) in [4.78, 5) is 16.1. The fourth-order valence-corrected chi connectivity index (χ4v) is 4.54. The molecule has 4 rings (SSSR count). The van der Waals surface area contributed by atoms with Crippen LogP contribution in [0.4, 0.5) is 0 Å². The van der Waals surface area contributed by atoms with Crippen molar-refractivity contribution >= 4 is 5.97 Å². The highest BCUT2D eigenvalue weighted by atomic mass is 16.4. The van der Waals surface area contributed by atoms with E-state index in [2.05, 4.69) is 41.4 Å². The predicted octanol–water partition coefficient (Wildman–Crippen LogP) is 5.04. The third kappa shape index (κ3) is 3.96. The number of benzene rings is 3. The summed E-state index contributed by atoms with van der Waals surface area (Å²) in [5, 5.41) is 20.8. The minimum atomic E-state index is -1.59. The van der Waals surface area contributed by atoms with Crippen molar-refractivity contribution in [2.75, 3.05) is 0 Å². The van der Waals surface area contributed by atoms with Crippen molar-refractivity contribution < 1.29 is 15.0 Å². The Hall–Kier alpha value is -3.70. The zero-order chi connectivity index (χ0) is 23.5. The molecule has 0 spiro atoms. The minimum absolute atomic E-state index is 0.337. The number of carboxylic acid groups (broad SMARTS) is 1. The maximum absolute atomic E-state index is 11.6. The molecule has 1 unspecified atom stereocenters. The summed E-state index contributed by atoms with van der Waals surface area (Å²) in [5.41, 5.74) is 1.06. The van der Waals surface area contributed by atoms with Gasteiger partial charge in [-0.2, -0.15) is 0 Å². The molecule has 0 saturated carbocycles. The monoisotopic (exact) mass is 440 g/mol. The fourth-order valence-electron chi connectivity index (χ4n) is 4.54. The highest BCUT2D eigenvalue weighted by Crippen LogP contribution is 2.42. The van der Waals surface area contributed by atoms with Gasteiger partial charge in [0.1, 0.15) is 11.1 Å². The van der Waals surface area contributed by atoms with Crippen molar-refractivity contribution in [3.63, 3.8) is 0 Å². The highest BCUT2D eigenvalue weighted by molar-refractivity contribution is 5.68. The molecular weight excluding hydrogens is 412 g/mol. The molecule has 0 amide bonds. The van der Waals surface area contributed by atoms with E-state index in [1.807, 2.05) is 59.2 Å². The van der Waals surface area contributed by atoms with Crippen molar-refractivity contribution in [2.24, 2.45) is 5.92 Å². The molecule has 5 nitrogen and oxygen atoms in total. The van der Waals surface area contributed by atoms with Crippen LogP contribution in [0.5, 0.6) is 0 Å². The SMILES string of the molecule is CC(C)C(O)(CC(=O)O)c1cn(C(c2ccccc2)(c2ccccc2)c2ccccc2)cn1. The van der Waals surface area contributed by atoms with Gasteiger partial charge in [0, 0.05) is 6.20 Å². The summed E-state index contributed by atoms with van der Waals surface area (Å²) in [7, 11) is 0. The normalized spacial score (nSPS) is 13.6. The van der Waals surface area contributed by atoms with Gasteiger partial charge in [-0.1, -0.05) is 105 Å². The van der Waals surface area contributed by atoms with Gasteiger partial charge in [0.15, 0.2) is 0 Å². The lowest BCUT2D eigenvalue weighted by atomic mass is 9.76. The maximum Gasteiger partial charge on any atom is 0.306 e. The number of imidazole rings is 1. The van der Waals surface area contributed by atoms with Crippen LogP contribution in [0, 0.1) is 5.92 Å². The lowest BCUT2D eigenvalue weighted by Crippen LogP contribution is -2.38. The summed E-state index contributed by atoms with van der Waals surface area (Å²) in [6.07, 6.45) is 3.06. The summed E-state index contributed by atoms with van der Waals surface area (Å²) < 4.78 is 1.98. The van der Waals surface area contributed by atoms with Crippen LogP contribution in [0.25, 0.3) is 0 Å². The van der Waals surface area contributed by atoms with Crippen LogP contribution in [0.15, 0.2) is 104 Å². The molecule has 1 aromatic heterocycles. The van der Waals surface area contributed by atoms with Crippen molar-refractivity contribution in [2.45, 2.75) is 31.4 Å². The van der Waals surface area contributed by atoms with E-state index in [-0.39, 0.29) is 5.92 Å². The van der Waals surface area contributed by atoms with E-state index in [1.165, 1.54) is 0 Å². The van der Waals surface area contributed by atoms with E-state index in [9.17, 15) is 15.0 Å². The molecule has 0 aliphatic rings. The van der Waals surface area contributed by atoms with Crippen LogP contribution >= 0.6 is 0 Å². The van der Waals surface area contributed by atoms with Crippen LogP contribution in [-0.2, 0) is 15.9 Å². The van der Waals surface area contributed by atoms with Crippen LogP contribution in [0.2, 0.25) is 0 Å². The Labute approximate surface area is 194 Å². The fraction of sp³-hybridized carbons (Fsp3) is 0.214. The Morgan fingerprint density at radius 3 is 1.64 bits per heavy atom. The molecule has 1 atom stereocenters. The van der Waals surface area contributed by atoms with Gasteiger partial charge in [0.25, 0.3) is 0 Å². The first-order valence-electron chi connectivity index (χ1n) is 11.0. The van der Waals surface area contributed by atoms with Crippen LogP contribution in [-0.4, -0.2) is 25.7 Å². The van der Waals surface area contributed by atoms with E-state index >= 15 is 0 Å². The minimum Gasteiger partial charge on any atom is -0.481 e. The Kier molecular flexibility index (Phi) is 6.16. The van der Waals surface area contributed by atoms with E-state index < -0.39 is 23.5 Å². The van der Waals surface area contributed by atoms with E-state index in [0.717, 1.165) is 16.7 Å². The van der Waals surface area contributed by atoms with Gasteiger partial charge in [-0.15, -0.1) is 0 Å². The molecule has 0 aliphatic carbocycles. The Balaban J connectivity index is 2.03. The molecule has 33 heavy (non-hydrogen) atoms. The smallest absolute Gasteiger partial charge is 0.306 e. The first kappa shape index (κ1) is 22.5. The molecule has 1 heterocycles. The first-order valence-corrected chi connectivity index (χ1v) is 11.0. The Morgan fingerprint density at radius 1 is 0.848 bits per heavy atom. The van der Waals surface area contributed by atoms with Crippen molar-refractivity contribution in [3.05, 3.63) is 126 Å². The topological polar surface area (TPSA) is 75.3 Å². The molecule has 0 radical (unpaired) electrons. The van der Waals surface area contributed by atoms with E-state index in [1.54, 1.807) is 26.4 Å². The molecular formula is C28H28N2O3. The zero-order valence-electron chi connectivity index (χ0n) is 18.8. The summed E-state index contributed by atoms with van der Waals surface area (Å²) in [6, 6.07) is 30.4. The van der Waals surface area contributed by atoms with Crippen LogP contribution in [0.3, 0.4) is 0 Å². The van der Waals surface area contributed by atoms with Crippen LogP contribution in [0.1, 0.15) is 42.7 Å². The van der Waals surface area contributed by atoms with Gasteiger partial charge < -0.3 is 14.8 Å². The highest BCUT2D eigenvalue weighted by Gasteiger charge is 2.42. The molecule has 168 valence electrons. The molecule has 4 aromatic rings. The number of carbonyl (C=O) groups is 1. The second-order valence-corrected chi connectivity index (χ2v) is 8.62. The number of aliphatic carboxylic acids is 1. The van der Waals surface area contributed by atoms with Crippen molar-refractivity contribution in [1.82, 2.24) is 9.55 Å². The first-order chi connectivity index (χ1) is 15.9. The van der Waals surface area contributed by atoms with Crippen molar-refractivity contribution in [3.8, 4) is 0 Å². The number of aliphatic hydroxyl groups is 1. The number of hydrogen-bond donors (Lipinski definition) is 2. The van der Waals surface area contributed by atoms with Gasteiger partial charge in [-0.05, 0) is 22.6 Å². The number of hydrogen-bond acceptors (Lipinski definition) is 3. The molecule has 0 bridgehead atoms. The average Bonchev–Trinajstić information content (AvgIpc) is 3.32. The predicted molar refractivity (Wildman–Crippen MR) is 128 cm³/mol. The van der Waals surface area contributed by atoms with Crippen LogP contribution < -0.4 is 0 Å². The lowest BCUT2D eigenvalue weighted by Gasteiger charge is -2.37. The molecule has 0 fully saturated rings. The molecule has 0 saturated heterocycles. The number of carboxylic acids is 1. The number of nitrogens with zero attached hydrogens (tertiary/aromatic N) is 2. The maximum atomic E-state index is 11.6. The molecule has 2 N–H and O–H groups in total. The quantitative estimate of drug-likeness (QED) is 0.376. The second-order valence-electron chi connectivity index (χ2n) is 8.62. The van der Waals surface area contributed by atoms with Gasteiger partial charge in [0.2, 0.25) is 0 Å². The van der Waals surface area contributed by atoms with E-state index in [0.29, 0.717) is 5.69 Å². The van der Waals surface area contributed by atoms with Gasteiger partial charge in [0.05, 0.1) is 18.4 Å².